The molecule has 0 bridgehead atoms. The van der Waals surface area contributed by atoms with Gasteiger partial charge in [0.25, 0.3) is 0 Å². The van der Waals surface area contributed by atoms with Crippen molar-refractivity contribution in [2.75, 3.05) is 13.2 Å². The third kappa shape index (κ3) is 6.28. The second-order valence-corrected chi connectivity index (χ2v) is 12.4. The molecule has 2 aromatic carbocycles. The van der Waals surface area contributed by atoms with Crippen molar-refractivity contribution < 1.29 is 22.6 Å². The Morgan fingerprint density at radius 1 is 0.590 bits per heavy atom. The molecule has 2 aromatic rings. The van der Waals surface area contributed by atoms with E-state index in [1.165, 1.54) is 64.2 Å². The SMILES string of the molecule is CCCCCC1CCC(COc2cc3c(c(F)c2F)-c2c-3ccc(OCC3CCC(CCC)CC3)c2F)CC1. The standard InChI is InChI=1S/C34H45F3O2/c1-3-5-6-8-23-11-15-25(16-12-23)21-39-29-19-27-26-17-18-28(32(35)30(26)31(27)34(37)33(29)36)38-20-24-13-9-22(7-4-2)10-14-24/h17-19,22-25H,3-16,20-21H2,1-2H3. The fraction of sp³-hybridized carbons (Fsp3) is 0.647. The highest BCUT2D eigenvalue weighted by Crippen LogP contribution is 2.54. The van der Waals surface area contributed by atoms with Crippen molar-refractivity contribution in [1.29, 1.82) is 0 Å². The van der Waals surface area contributed by atoms with Gasteiger partial charge in [-0.3, -0.25) is 0 Å². The van der Waals surface area contributed by atoms with E-state index in [1.807, 2.05) is 0 Å². The van der Waals surface area contributed by atoms with Gasteiger partial charge in [-0.1, -0.05) is 78.1 Å². The summed E-state index contributed by atoms with van der Waals surface area (Å²) in [5.41, 5.74) is 1.23. The van der Waals surface area contributed by atoms with E-state index in [2.05, 4.69) is 13.8 Å². The van der Waals surface area contributed by atoms with E-state index < -0.39 is 17.5 Å². The Balaban J connectivity index is 1.18. The van der Waals surface area contributed by atoms with Crippen molar-refractivity contribution in [3.05, 3.63) is 35.7 Å². The fourth-order valence-corrected chi connectivity index (χ4v) is 7.12. The molecule has 2 nitrogen and oxygen atoms in total. The van der Waals surface area contributed by atoms with Crippen LogP contribution in [0.25, 0.3) is 22.3 Å². The maximum atomic E-state index is 15.4. The van der Waals surface area contributed by atoms with Crippen LogP contribution in [0.1, 0.15) is 104 Å². The van der Waals surface area contributed by atoms with Gasteiger partial charge in [-0.25, -0.2) is 8.78 Å². The summed E-state index contributed by atoms with van der Waals surface area (Å²) in [6.07, 6.45) is 16.8. The van der Waals surface area contributed by atoms with Crippen LogP contribution in [-0.4, -0.2) is 13.2 Å². The van der Waals surface area contributed by atoms with Crippen LogP contribution < -0.4 is 9.47 Å². The van der Waals surface area contributed by atoms with E-state index in [0.29, 0.717) is 36.2 Å². The quantitative estimate of drug-likeness (QED) is 0.212. The summed E-state index contributed by atoms with van der Waals surface area (Å²) in [5, 5.41) is 0. The summed E-state index contributed by atoms with van der Waals surface area (Å²) < 4.78 is 57.3. The van der Waals surface area contributed by atoms with Crippen LogP contribution in [0, 0.1) is 41.1 Å². The molecule has 5 rings (SSSR count). The van der Waals surface area contributed by atoms with Crippen molar-refractivity contribution in [1.82, 2.24) is 0 Å². The minimum absolute atomic E-state index is 0.00506. The van der Waals surface area contributed by atoms with E-state index in [0.717, 1.165) is 37.5 Å². The van der Waals surface area contributed by atoms with Gasteiger partial charge in [-0.15, -0.1) is 0 Å². The molecule has 0 radical (unpaired) electrons. The highest BCUT2D eigenvalue weighted by molar-refractivity contribution is 6.04. The molecule has 0 saturated heterocycles. The molecular formula is C34H45F3O2. The second kappa shape index (κ2) is 13.0. The lowest BCUT2D eigenvalue weighted by Gasteiger charge is -2.30. The van der Waals surface area contributed by atoms with Crippen molar-refractivity contribution >= 4 is 0 Å². The number of ether oxygens (including phenoxy) is 2. The van der Waals surface area contributed by atoms with Crippen molar-refractivity contribution in [3.63, 3.8) is 0 Å². The van der Waals surface area contributed by atoms with Gasteiger partial charge in [0.2, 0.25) is 5.82 Å². The molecule has 0 amide bonds. The predicted octanol–water partition coefficient (Wildman–Crippen LogP) is 10.5. The Labute approximate surface area is 232 Å². The highest BCUT2D eigenvalue weighted by Gasteiger charge is 2.35. The Hall–Kier alpha value is -2.17. The monoisotopic (exact) mass is 542 g/mol. The number of hydrogen-bond donors (Lipinski definition) is 0. The topological polar surface area (TPSA) is 18.5 Å². The molecule has 0 N–H and O–H groups in total. The predicted molar refractivity (Wildman–Crippen MR) is 152 cm³/mol. The van der Waals surface area contributed by atoms with Gasteiger partial charge in [0, 0.05) is 11.1 Å². The molecule has 3 aliphatic carbocycles. The summed E-state index contributed by atoms with van der Waals surface area (Å²) in [6, 6.07) is 4.93. The van der Waals surface area contributed by atoms with E-state index in [9.17, 15) is 0 Å². The molecule has 0 unspecified atom stereocenters. The zero-order chi connectivity index (χ0) is 27.4. The lowest BCUT2D eigenvalue weighted by Crippen LogP contribution is -2.21. The van der Waals surface area contributed by atoms with Gasteiger partial charge >= 0.3 is 0 Å². The summed E-state index contributed by atoms with van der Waals surface area (Å²) >= 11 is 0. The Morgan fingerprint density at radius 3 is 1.77 bits per heavy atom. The zero-order valence-corrected chi connectivity index (χ0v) is 23.8. The normalized spacial score (nSPS) is 24.0. The minimum atomic E-state index is -1.03. The first-order valence-electron chi connectivity index (χ1n) is 15.6. The van der Waals surface area contributed by atoms with Crippen LogP contribution in [0.3, 0.4) is 0 Å². The molecule has 5 heteroatoms. The molecule has 0 aliphatic heterocycles. The number of hydrogen-bond acceptors (Lipinski definition) is 2. The largest absolute Gasteiger partial charge is 0.490 e. The van der Waals surface area contributed by atoms with Gasteiger partial charge < -0.3 is 9.47 Å². The highest BCUT2D eigenvalue weighted by atomic mass is 19.2. The van der Waals surface area contributed by atoms with Gasteiger partial charge in [0.15, 0.2) is 23.1 Å². The van der Waals surface area contributed by atoms with Crippen molar-refractivity contribution in [2.45, 2.75) is 104 Å². The van der Waals surface area contributed by atoms with Gasteiger partial charge in [-0.2, -0.15) is 4.39 Å². The molecule has 0 heterocycles. The molecule has 3 aliphatic rings. The molecule has 0 aromatic heterocycles. The second-order valence-electron chi connectivity index (χ2n) is 12.4. The molecule has 2 fully saturated rings. The van der Waals surface area contributed by atoms with Crippen LogP contribution in [-0.2, 0) is 0 Å². The summed E-state index contributed by atoms with van der Waals surface area (Å²) in [5.74, 6) is -0.211. The van der Waals surface area contributed by atoms with Crippen LogP contribution in [0.2, 0.25) is 0 Å². The smallest absolute Gasteiger partial charge is 0.201 e. The average molecular weight is 543 g/mol. The van der Waals surface area contributed by atoms with Crippen LogP contribution in [0.5, 0.6) is 11.5 Å². The first kappa shape index (κ1) is 28.4. The van der Waals surface area contributed by atoms with Crippen molar-refractivity contribution in [3.8, 4) is 33.8 Å². The molecule has 2 saturated carbocycles. The molecule has 214 valence electrons. The van der Waals surface area contributed by atoms with Crippen LogP contribution in [0.15, 0.2) is 18.2 Å². The molecule has 39 heavy (non-hydrogen) atoms. The number of fused-ring (bicyclic) bond motifs is 4. The number of rotatable bonds is 12. The Bertz CT molecular complexity index is 1110. The average Bonchev–Trinajstić information content (AvgIpc) is 2.94. The fourth-order valence-electron chi connectivity index (χ4n) is 7.12. The zero-order valence-electron chi connectivity index (χ0n) is 23.8. The summed E-state index contributed by atoms with van der Waals surface area (Å²) in [7, 11) is 0. The summed E-state index contributed by atoms with van der Waals surface area (Å²) in [6.45, 7) is 5.32. The number of unbranched alkanes of at least 4 members (excludes halogenated alkanes) is 2. The molecular weight excluding hydrogens is 497 g/mol. The van der Waals surface area contributed by atoms with Gasteiger partial charge in [0.05, 0.1) is 13.2 Å². The Morgan fingerprint density at radius 2 is 1.15 bits per heavy atom. The van der Waals surface area contributed by atoms with E-state index >= 15 is 13.2 Å². The van der Waals surface area contributed by atoms with E-state index in [-0.39, 0.29) is 22.6 Å². The lowest BCUT2D eigenvalue weighted by molar-refractivity contribution is 0.172. The van der Waals surface area contributed by atoms with Crippen molar-refractivity contribution in [2.24, 2.45) is 23.7 Å². The molecule has 0 spiro atoms. The number of halogens is 3. The van der Waals surface area contributed by atoms with Crippen LogP contribution >= 0.6 is 0 Å². The first-order chi connectivity index (χ1) is 19.0. The maximum Gasteiger partial charge on any atom is 0.201 e. The van der Waals surface area contributed by atoms with Gasteiger partial charge in [0.1, 0.15) is 0 Å². The molecule has 0 atom stereocenters. The third-order valence-electron chi connectivity index (χ3n) is 9.61. The summed E-state index contributed by atoms with van der Waals surface area (Å²) in [4.78, 5) is 0. The number of benzene rings is 2. The first-order valence-corrected chi connectivity index (χ1v) is 15.6. The van der Waals surface area contributed by atoms with Gasteiger partial charge in [-0.05, 0) is 78.7 Å². The lowest BCUT2D eigenvalue weighted by atomic mass is 9.79. The minimum Gasteiger partial charge on any atom is -0.490 e. The van der Waals surface area contributed by atoms with Crippen LogP contribution in [0.4, 0.5) is 13.2 Å². The van der Waals surface area contributed by atoms with E-state index in [4.69, 9.17) is 9.47 Å². The van der Waals surface area contributed by atoms with E-state index in [1.54, 1.807) is 18.2 Å². The Kier molecular flexibility index (Phi) is 9.45. The maximum absolute atomic E-state index is 15.4. The third-order valence-corrected chi connectivity index (χ3v) is 9.61.